The lowest BCUT2D eigenvalue weighted by Gasteiger charge is -2.32. The zero-order valence-corrected chi connectivity index (χ0v) is 21.2. The van der Waals surface area contributed by atoms with Crippen LogP contribution >= 0.6 is 11.5 Å². The van der Waals surface area contributed by atoms with Crippen molar-refractivity contribution in [2.45, 2.75) is 38.8 Å². The van der Waals surface area contributed by atoms with Gasteiger partial charge in [0.05, 0.1) is 48.2 Å². The number of piperidine rings is 1. The fourth-order valence-electron chi connectivity index (χ4n) is 4.17. The summed E-state index contributed by atoms with van der Waals surface area (Å²) in [4.78, 5) is 26.7. The van der Waals surface area contributed by atoms with E-state index in [4.69, 9.17) is 4.74 Å². The number of nitrogens with zero attached hydrogens (tertiary/aromatic N) is 5. The molecule has 1 amide bonds. The maximum atomic E-state index is 13.0. The monoisotopic (exact) mass is 556 g/mol. The molecule has 1 saturated heterocycles. The van der Waals surface area contributed by atoms with E-state index in [0.29, 0.717) is 53.6 Å². The SMILES string of the molecule is Cc1nsc(Cc2cnc(C(F)(F)F)cn2)c1C(=O)Nc1ccc(OC[C@@H]2CCCN(CC(F)F)C2)nc1. The molecule has 1 N–H and O–H groups in total. The summed E-state index contributed by atoms with van der Waals surface area (Å²) in [6, 6.07) is 3.23. The summed E-state index contributed by atoms with van der Waals surface area (Å²) in [5.74, 6) is 0.0392. The predicted molar refractivity (Wildman–Crippen MR) is 130 cm³/mol. The Morgan fingerprint density at radius 2 is 2.03 bits per heavy atom. The summed E-state index contributed by atoms with van der Waals surface area (Å²) < 4.78 is 73.4. The number of hydrogen-bond donors (Lipinski definition) is 1. The van der Waals surface area contributed by atoms with E-state index in [1.54, 1.807) is 24.0 Å². The van der Waals surface area contributed by atoms with Gasteiger partial charge in [-0.2, -0.15) is 17.5 Å². The Morgan fingerprint density at radius 3 is 2.68 bits per heavy atom. The number of rotatable bonds is 9. The Hall–Kier alpha value is -3.26. The van der Waals surface area contributed by atoms with Crippen molar-refractivity contribution >= 4 is 23.1 Å². The van der Waals surface area contributed by atoms with Gasteiger partial charge >= 0.3 is 6.18 Å². The first-order valence-corrected chi connectivity index (χ1v) is 12.6. The van der Waals surface area contributed by atoms with E-state index in [0.717, 1.165) is 30.6 Å². The number of aryl methyl sites for hydroxylation is 1. The van der Waals surface area contributed by atoms with Gasteiger partial charge in [0.15, 0.2) is 5.69 Å². The maximum absolute atomic E-state index is 13.0. The van der Waals surface area contributed by atoms with Crippen molar-refractivity contribution in [2.24, 2.45) is 5.92 Å². The van der Waals surface area contributed by atoms with Gasteiger partial charge in [0.25, 0.3) is 12.3 Å². The van der Waals surface area contributed by atoms with Crippen LogP contribution in [0.3, 0.4) is 0 Å². The minimum absolute atomic E-state index is 0.0976. The summed E-state index contributed by atoms with van der Waals surface area (Å²) in [6.07, 6.45) is -1.99. The zero-order chi connectivity index (χ0) is 27.3. The first-order valence-electron chi connectivity index (χ1n) is 11.8. The Labute approximate surface area is 219 Å². The molecule has 8 nitrogen and oxygen atoms in total. The van der Waals surface area contributed by atoms with Crippen LogP contribution in [0.1, 0.15) is 45.2 Å². The molecule has 0 radical (unpaired) electrons. The highest BCUT2D eigenvalue weighted by Gasteiger charge is 2.33. The second-order valence-corrected chi connectivity index (χ2v) is 9.80. The molecule has 14 heteroatoms. The van der Waals surface area contributed by atoms with Crippen molar-refractivity contribution in [3.05, 3.63) is 58.2 Å². The third-order valence-corrected chi connectivity index (χ3v) is 6.89. The number of halogens is 5. The van der Waals surface area contributed by atoms with Gasteiger partial charge in [0.1, 0.15) is 0 Å². The molecule has 1 aliphatic heterocycles. The minimum atomic E-state index is -4.58. The molecule has 0 saturated carbocycles. The van der Waals surface area contributed by atoms with E-state index < -0.39 is 24.2 Å². The molecule has 0 bridgehead atoms. The highest BCUT2D eigenvalue weighted by molar-refractivity contribution is 7.06. The third kappa shape index (κ3) is 7.40. The number of nitrogens with one attached hydrogen (secondary N) is 1. The largest absolute Gasteiger partial charge is 0.477 e. The zero-order valence-electron chi connectivity index (χ0n) is 20.3. The van der Waals surface area contributed by atoms with Crippen molar-refractivity contribution in [1.29, 1.82) is 0 Å². The van der Waals surface area contributed by atoms with Gasteiger partial charge in [0, 0.05) is 36.0 Å². The molecule has 204 valence electrons. The van der Waals surface area contributed by atoms with Crippen molar-refractivity contribution < 1.29 is 31.5 Å². The molecule has 0 unspecified atom stereocenters. The summed E-state index contributed by atoms with van der Waals surface area (Å²) in [5.41, 5.74) is 0.376. The van der Waals surface area contributed by atoms with Gasteiger partial charge in [-0.15, -0.1) is 0 Å². The summed E-state index contributed by atoms with van der Waals surface area (Å²) in [5, 5.41) is 2.74. The standard InChI is InChI=1S/C24H25F5N6O2S/c1-14-22(18(38-34-14)7-17-9-31-19(10-30-17)24(27,28)29)23(36)33-16-4-5-21(32-8-16)37-13-15-3-2-6-35(11-15)12-20(25)26/h4-5,8-10,15,20H,2-3,6-7,11-13H2,1H3,(H,33,36)/t15-/m1/s1. The molecule has 1 fully saturated rings. The lowest BCUT2D eigenvalue weighted by molar-refractivity contribution is -0.141. The van der Waals surface area contributed by atoms with Crippen LogP contribution in [0.25, 0.3) is 0 Å². The van der Waals surface area contributed by atoms with Gasteiger partial charge in [0.2, 0.25) is 5.88 Å². The molecular formula is C24H25F5N6O2S. The number of alkyl halides is 5. The van der Waals surface area contributed by atoms with E-state index in [2.05, 4.69) is 24.6 Å². The van der Waals surface area contributed by atoms with Crippen molar-refractivity contribution in [3.63, 3.8) is 0 Å². The maximum Gasteiger partial charge on any atom is 0.434 e. The number of ether oxygens (including phenoxy) is 1. The van der Waals surface area contributed by atoms with Crippen LogP contribution in [0.2, 0.25) is 0 Å². The molecule has 1 atom stereocenters. The number of anilines is 1. The number of carbonyl (C=O) groups is 1. The third-order valence-electron chi connectivity index (χ3n) is 5.96. The highest BCUT2D eigenvalue weighted by atomic mass is 32.1. The van der Waals surface area contributed by atoms with Crippen LogP contribution < -0.4 is 10.1 Å². The molecule has 1 aliphatic rings. The fraction of sp³-hybridized carbons (Fsp3) is 0.458. The van der Waals surface area contributed by atoms with Crippen LogP contribution in [0.15, 0.2) is 30.7 Å². The molecule has 3 aromatic rings. The molecule has 0 spiro atoms. The van der Waals surface area contributed by atoms with Crippen molar-refractivity contribution in [1.82, 2.24) is 24.2 Å². The van der Waals surface area contributed by atoms with Crippen molar-refractivity contribution in [2.75, 3.05) is 31.6 Å². The number of carbonyl (C=O) groups excluding carboxylic acids is 1. The predicted octanol–water partition coefficient (Wildman–Crippen LogP) is 4.85. The molecule has 4 rings (SSSR count). The molecule has 38 heavy (non-hydrogen) atoms. The van der Waals surface area contributed by atoms with E-state index in [9.17, 15) is 26.7 Å². The molecule has 4 heterocycles. The minimum Gasteiger partial charge on any atom is -0.477 e. The fourth-order valence-corrected chi connectivity index (χ4v) is 5.05. The first-order chi connectivity index (χ1) is 18.1. The topological polar surface area (TPSA) is 93.1 Å². The molecule has 0 aromatic carbocycles. The number of likely N-dealkylation sites (tertiary alicyclic amines) is 1. The Balaban J connectivity index is 1.33. The Kier molecular flexibility index (Phi) is 8.82. The van der Waals surface area contributed by atoms with Gasteiger partial charge in [-0.3, -0.25) is 14.7 Å². The number of aromatic nitrogens is 4. The molecule has 3 aromatic heterocycles. The number of amides is 1. The lowest BCUT2D eigenvalue weighted by Crippen LogP contribution is -2.40. The van der Waals surface area contributed by atoms with Crippen LogP contribution in [0.4, 0.5) is 27.6 Å². The Morgan fingerprint density at radius 1 is 1.21 bits per heavy atom. The van der Waals surface area contributed by atoms with Gasteiger partial charge in [-0.25, -0.2) is 18.7 Å². The summed E-state index contributed by atoms with van der Waals surface area (Å²) >= 11 is 1.06. The van der Waals surface area contributed by atoms with Gasteiger partial charge in [-0.05, 0) is 43.9 Å². The van der Waals surface area contributed by atoms with E-state index in [1.807, 2.05) is 0 Å². The molecule has 0 aliphatic carbocycles. The van der Waals surface area contributed by atoms with Crippen LogP contribution in [-0.2, 0) is 12.6 Å². The number of hydrogen-bond acceptors (Lipinski definition) is 8. The van der Waals surface area contributed by atoms with E-state index in [1.165, 1.54) is 6.20 Å². The summed E-state index contributed by atoms with van der Waals surface area (Å²) in [6.45, 7) is 2.99. The van der Waals surface area contributed by atoms with Crippen LogP contribution in [0.5, 0.6) is 5.88 Å². The smallest absolute Gasteiger partial charge is 0.434 e. The van der Waals surface area contributed by atoms with Crippen LogP contribution in [-0.4, -0.2) is 62.8 Å². The number of pyridine rings is 1. The lowest BCUT2D eigenvalue weighted by atomic mass is 9.99. The average Bonchev–Trinajstić information content (AvgIpc) is 3.23. The average molecular weight is 557 g/mol. The van der Waals surface area contributed by atoms with Gasteiger partial charge < -0.3 is 10.1 Å². The summed E-state index contributed by atoms with van der Waals surface area (Å²) in [7, 11) is 0. The first kappa shape index (κ1) is 27.8. The van der Waals surface area contributed by atoms with Crippen LogP contribution in [0, 0.1) is 12.8 Å². The van der Waals surface area contributed by atoms with E-state index >= 15 is 0 Å². The van der Waals surface area contributed by atoms with Crippen molar-refractivity contribution in [3.8, 4) is 5.88 Å². The van der Waals surface area contributed by atoms with Gasteiger partial charge in [-0.1, -0.05) is 0 Å². The molecular weight excluding hydrogens is 531 g/mol. The Bertz CT molecular complexity index is 1220. The second kappa shape index (κ2) is 12.1. The highest BCUT2D eigenvalue weighted by Crippen LogP contribution is 2.28. The normalized spacial score (nSPS) is 16.6. The second-order valence-electron chi connectivity index (χ2n) is 8.94. The quantitative estimate of drug-likeness (QED) is 0.377. The van der Waals surface area contributed by atoms with E-state index in [-0.39, 0.29) is 24.6 Å².